The molecule has 0 aliphatic carbocycles. The van der Waals surface area contributed by atoms with Crippen LogP contribution in [-0.4, -0.2) is 45.1 Å². The van der Waals surface area contributed by atoms with E-state index < -0.39 is 13.0 Å². The predicted molar refractivity (Wildman–Crippen MR) is 85.3 cm³/mol. The summed E-state index contributed by atoms with van der Waals surface area (Å²) in [5.74, 6) is -0.476. The van der Waals surface area contributed by atoms with Crippen molar-refractivity contribution in [2.45, 2.75) is 26.7 Å². The summed E-state index contributed by atoms with van der Waals surface area (Å²) in [6.45, 7) is 4.20. The zero-order valence-corrected chi connectivity index (χ0v) is 13.0. The molecule has 0 spiro atoms. The number of aromatic amines is 1. The van der Waals surface area contributed by atoms with E-state index >= 15 is 0 Å². The Hall–Kier alpha value is -2.39. The van der Waals surface area contributed by atoms with Crippen LogP contribution in [0.15, 0.2) is 12.1 Å². The lowest BCUT2D eigenvalue weighted by Gasteiger charge is -2.16. The van der Waals surface area contributed by atoms with Crippen LogP contribution in [0.4, 0.5) is 0 Å². The molecule has 2 rings (SSSR count). The van der Waals surface area contributed by atoms with Crippen molar-refractivity contribution >= 4 is 18.5 Å². The molecular weight excluding hydrogens is 299 g/mol. The van der Waals surface area contributed by atoms with Gasteiger partial charge in [0.25, 0.3) is 5.91 Å². The highest BCUT2D eigenvalue weighted by molar-refractivity contribution is 6.60. The number of nitrogens with zero attached hydrogens (tertiary/aromatic N) is 2. The number of hydrogen-bond acceptors (Lipinski definition) is 6. The Balaban J connectivity index is 2.60. The van der Waals surface area contributed by atoms with E-state index in [0.717, 1.165) is 18.4 Å². The normalized spacial score (nSPS) is 10.6. The number of carbonyl (C=O) groups excluding carboxylic acids is 1. The van der Waals surface area contributed by atoms with E-state index in [1.165, 1.54) is 0 Å². The summed E-state index contributed by atoms with van der Waals surface area (Å²) in [5.41, 5.74) is 6.88. The van der Waals surface area contributed by atoms with Gasteiger partial charge in [0.15, 0.2) is 5.69 Å². The molecule has 1 aromatic carbocycles. The van der Waals surface area contributed by atoms with Gasteiger partial charge in [0, 0.05) is 11.0 Å². The highest BCUT2D eigenvalue weighted by Crippen LogP contribution is 2.30. The highest BCUT2D eigenvalue weighted by Gasteiger charge is 2.25. The maximum Gasteiger partial charge on any atom is 0.492 e. The van der Waals surface area contributed by atoms with E-state index in [9.17, 15) is 14.8 Å². The van der Waals surface area contributed by atoms with Gasteiger partial charge in [-0.1, -0.05) is 25.0 Å². The smallest absolute Gasteiger partial charge is 0.492 e. The third-order valence-electron chi connectivity index (χ3n) is 3.32. The molecule has 0 aliphatic heterocycles. The number of nitrogens with one attached hydrogen (secondary N) is 1. The SMILES string of the molecule is CCCCOc1c(B(O)O)cc(C)cc1-c1n[nH]nc1C(N)=O. The minimum atomic E-state index is -1.71. The average molecular weight is 318 g/mol. The molecule has 9 heteroatoms. The van der Waals surface area contributed by atoms with Crippen molar-refractivity contribution in [3.8, 4) is 17.0 Å². The Kier molecular flexibility index (Phi) is 5.35. The maximum absolute atomic E-state index is 11.5. The second-order valence-electron chi connectivity index (χ2n) is 5.19. The number of carbonyl (C=O) groups is 1. The number of aromatic nitrogens is 3. The molecule has 0 saturated heterocycles. The van der Waals surface area contributed by atoms with Gasteiger partial charge in [-0.25, -0.2) is 0 Å². The molecule has 1 aromatic heterocycles. The van der Waals surface area contributed by atoms with Gasteiger partial charge in [0.05, 0.1) is 6.61 Å². The van der Waals surface area contributed by atoms with E-state index in [4.69, 9.17) is 10.5 Å². The predicted octanol–water partition coefficient (Wildman–Crippen LogP) is -0.262. The summed E-state index contributed by atoms with van der Waals surface area (Å²) in [7, 11) is -1.71. The standard InChI is InChI=1S/C14H19BN4O4/c1-3-4-5-23-13-9(6-8(2)7-10(13)15(21)22)11-12(14(16)20)18-19-17-11/h6-7,21-22H,3-5H2,1-2H3,(H2,16,20)(H,17,18,19). The van der Waals surface area contributed by atoms with Crippen LogP contribution in [0.5, 0.6) is 5.75 Å². The minimum absolute atomic E-state index is 0.0330. The second-order valence-corrected chi connectivity index (χ2v) is 5.19. The Morgan fingerprint density at radius 2 is 2.13 bits per heavy atom. The third-order valence-corrected chi connectivity index (χ3v) is 3.32. The largest absolute Gasteiger partial charge is 0.493 e. The summed E-state index contributed by atoms with van der Waals surface area (Å²) in [6, 6.07) is 3.34. The summed E-state index contributed by atoms with van der Waals surface area (Å²) in [4.78, 5) is 11.5. The number of nitrogens with two attached hydrogens (primary N) is 1. The van der Waals surface area contributed by atoms with Crippen LogP contribution >= 0.6 is 0 Å². The van der Waals surface area contributed by atoms with E-state index in [0.29, 0.717) is 12.2 Å². The zero-order valence-electron chi connectivity index (χ0n) is 13.0. The zero-order chi connectivity index (χ0) is 17.0. The molecule has 0 fully saturated rings. The fourth-order valence-electron chi connectivity index (χ4n) is 2.24. The van der Waals surface area contributed by atoms with Crippen molar-refractivity contribution in [1.82, 2.24) is 15.4 Å². The molecule has 0 unspecified atom stereocenters. The molecule has 1 amide bonds. The van der Waals surface area contributed by atoms with Crippen molar-refractivity contribution < 1.29 is 19.6 Å². The number of amides is 1. The lowest BCUT2D eigenvalue weighted by Crippen LogP contribution is -2.32. The first-order valence-corrected chi connectivity index (χ1v) is 7.30. The monoisotopic (exact) mass is 318 g/mol. The third kappa shape index (κ3) is 3.69. The topological polar surface area (TPSA) is 134 Å². The fourth-order valence-corrected chi connectivity index (χ4v) is 2.24. The Labute approximate surface area is 133 Å². The van der Waals surface area contributed by atoms with Crippen LogP contribution in [0.1, 0.15) is 35.8 Å². The lowest BCUT2D eigenvalue weighted by atomic mass is 9.77. The van der Waals surface area contributed by atoms with E-state index in [1.54, 1.807) is 19.1 Å². The van der Waals surface area contributed by atoms with Crippen molar-refractivity contribution in [2.75, 3.05) is 6.61 Å². The number of hydrogen-bond donors (Lipinski definition) is 4. The van der Waals surface area contributed by atoms with Crippen LogP contribution in [0.25, 0.3) is 11.3 Å². The van der Waals surface area contributed by atoms with Crippen LogP contribution in [0, 0.1) is 6.92 Å². The van der Waals surface area contributed by atoms with Gasteiger partial charge in [0.1, 0.15) is 11.4 Å². The Morgan fingerprint density at radius 3 is 2.74 bits per heavy atom. The molecule has 23 heavy (non-hydrogen) atoms. The molecule has 0 saturated carbocycles. The fraction of sp³-hybridized carbons (Fsp3) is 0.357. The highest BCUT2D eigenvalue weighted by atomic mass is 16.5. The summed E-state index contributed by atoms with van der Waals surface area (Å²) in [5, 5.41) is 29.3. The quantitative estimate of drug-likeness (QED) is 0.410. The van der Waals surface area contributed by atoms with Gasteiger partial charge in [-0.2, -0.15) is 15.4 Å². The van der Waals surface area contributed by atoms with Crippen LogP contribution in [0.3, 0.4) is 0 Å². The molecule has 1 heterocycles. The number of rotatable bonds is 7. The average Bonchev–Trinajstić information content (AvgIpc) is 2.97. The Bertz CT molecular complexity index is 702. The summed E-state index contributed by atoms with van der Waals surface area (Å²) < 4.78 is 5.73. The molecular formula is C14H19BN4O4. The number of benzene rings is 1. The van der Waals surface area contributed by atoms with Gasteiger partial charge >= 0.3 is 7.12 Å². The van der Waals surface area contributed by atoms with Gasteiger partial charge in [-0.05, 0) is 19.4 Å². The first-order valence-electron chi connectivity index (χ1n) is 7.30. The van der Waals surface area contributed by atoms with Crippen molar-refractivity contribution in [3.63, 3.8) is 0 Å². The number of aryl methyl sites for hydroxylation is 1. The number of primary amides is 1. The molecule has 2 aromatic rings. The van der Waals surface area contributed by atoms with E-state index in [2.05, 4.69) is 15.4 Å². The lowest BCUT2D eigenvalue weighted by molar-refractivity contribution is 0.0996. The van der Waals surface area contributed by atoms with Gasteiger partial charge in [-0.15, -0.1) is 0 Å². The van der Waals surface area contributed by atoms with Crippen LogP contribution in [-0.2, 0) is 0 Å². The first-order chi connectivity index (χ1) is 11.0. The minimum Gasteiger partial charge on any atom is -0.493 e. The van der Waals surface area contributed by atoms with Gasteiger partial charge in [0.2, 0.25) is 0 Å². The molecule has 0 radical (unpaired) electrons. The van der Waals surface area contributed by atoms with Gasteiger partial charge in [-0.3, -0.25) is 4.79 Å². The summed E-state index contributed by atoms with van der Waals surface area (Å²) >= 11 is 0. The molecule has 0 aliphatic rings. The maximum atomic E-state index is 11.5. The molecule has 5 N–H and O–H groups in total. The first kappa shape index (κ1) is 17.0. The molecule has 0 atom stereocenters. The van der Waals surface area contributed by atoms with Crippen molar-refractivity contribution in [1.29, 1.82) is 0 Å². The molecule has 0 bridgehead atoms. The van der Waals surface area contributed by atoms with Crippen molar-refractivity contribution in [2.24, 2.45) is 5.73 Å². The van der Waals surface area contributed by atoms with Crippen LogP contribution in [0.2, 0.25) is 0 Å². The van der Waals surface area contributed by atoms with E-state index in [-0.39, 0.29) is 22.6 Å². The van der Waals surface area contributed by atoms with E-state index in [1.807, 2.05) is 6.92 Å². The number of H-pyrrole nitrogens is 1. The molecule has 122 valence electrons. The van der Waals surface area contributed by atoms with Gasteiger partial charge < -0.3 is 20.5 Å². The van der Waals surface area contributed by atoms with Crippen molar-refractivity contribution in [3.05, 3.63) is 23.4 Å². The summed E-state index contributed by atoms with van der Waals surface area (Å²) in [6.07, 6.45) is 1.73. The number of unbranched alkanes of at least 4 members (excludes halogenated alkanes) is 1. The van der Waals surface area contributed by atoms with Crippen LogP contribution < -0.4 is 15.9 Å². The molecule has 8 nitrogen and oxygen atoms in total. The number of ether oxygens (including phenoxy) is 1. The second kappa shape index (κ2) is 7.25. The Morgan fingerprint density at radius 1 is 1.39 bits per heavy atom.